The van der Waals surface area contributed by atoms with Crippen molar-refractivity contribution in [2.45, 2.75) is 71.4 Å². The minimum Gasteiger partial charge on any atom is -0.328 e. The Morgan fingerprint density at radius 1 is 1.25 bits per heavy atom. The van der Waals surface area contributed by atoms with Gasteiger partial charge in [0.2, 0.25) is 0 Å². The van der Waals surface area contributed by atoms with Crippen molar-refractivity contribution >= 4 is 0 Å². The lowest BCUT2D eigenvalue weighted by molar-refractivity contribution is 0.220. The fourth-order valence-corrected chi connectivity index (χ4v) is 2.43. The molecule has 2 unspecified atom stereocenters. The van der Waals surface area contributed by atoms with Crippen LogP contribution in [-0.4, -0.2) is 30.1 Å². The average molecular weight is 226 g/mol. The van der Waals surface area contributed by atoms with Gasteiger partial charge in [0.25, 0.3) is 0 Å². The number of hydrogen-bond acceptors (Lipinski definition) is 2. The third-order valence-electron chi connectivity index (χ3n) is 3.48. The Kier molecular flexibility index (Phi) is 6.37. The second-order valence-corrected chi connectivity index (χ2v) is 5.74. The van der Waals surface area contributed by atoms with Crippen molar-refractivity contribution in [1.29, 1.82) is 0 Å². The summed E-state index contributed by atoms with van der Waals surface area (Å²) in [5.74, 6) is 0.839. The zero-order chi connectivity index (χ0) is 12.0. The summed E-state index contributed by atoms with van der Waals surface area (Å²) < 4.78 is 0. The quantitative estimate of drug-likeness (QED) is 0.655. The molecular weight excluding hydrogens is 196 g/mol. The maximum Gasteiger partial charge on any atom is 0.00965 e. The smallest absolute Gasteiger partial charge is 0.00965 e. The van der Waals surface area contributed by atoms with E-state index in [2.05, 4.69) is 25.7 Å². The molecule has 0 amide bonds. The normalized spacial score (nSPS) is 20.1. The molecule has 0 saturated heterocycles. The Bertz CT molecular complexity index is 176. The molecular formula is C14H30N2. The standard InChI is InChI=1S/C14H30N2/c1-4-10-16(14-8-9-14)11-12(2)6-5-7-13(3)15/h12-14H,4-11,15H2,1-3H3. The summed E-state index contributed by atoms with van der Waals surface area (Å²) in [5.41, 5.74) is 5.78. The number of hydrogen-bond donors (Lipinski definition) is 1. The summed E-state index contributed by atoms with van der Waals surface area (Å²) in [6.45, 7) is 9.39. The molecule has 2 N–H and O–H groups in total. The fraction of sp³-hybridized carbons (Fsp3) is 1.00. The summed E-state index contributed by atoms with van der Waals surface area (Å²) in [6, 6.07) is 1.30. The molecule has 0 radical (unpaired) electrons. The van der Waals surface area contributed by atoms with Crippen molar-refractivity contribution in [2.75, 3.05) is 13.1 Å². The predicted molar refractivity (Wildman–Crippen MR) is 71.6 cm³/mol. The van der Waals surface area contributed by atoms with Gasteiger partial charge in [0.05, 0.1) is 0 Å². The zero-order valence-electron chi connectivity index (χ0n) is 11.4. The lowest BCUT2D eigenvalue weighted by Gasteiger charge is -2.25. The molecule has 0 heterocycles. The molecule has 1 rings (SSSR count). The molecule has 0 bridgehead atoms. The highest BCUT2D eigenvalue weighted by atomic mass is 15.2. The first-order chi connectivity index (χ1) is 7.63. The topological polar surface area (TPSA) is 29.3 Å². The molecule has 1 fully saturated rings. The Balaban J connectivity index is 2.12. The van der Waals surface area contributed by atoms with Crippen LogP contribution in [0.1, 0.15) is 59.3 Å². The van der Waals surface area contributed by atoms with Gasteiger partial charge in [-0.15, -0.1) is 0 Å². The maximum atomic E-state index is 5.78. The van der Waals surface area contributed by atoms with Gasteiger partial charge < -0.3 is 10.6 Å². The van der Waals surface area contributed by atoms with E-state index in [1.807, 2.05) is 0 Å². The molecule has 0 aromatic carbocycles. The maximum absolute atomic E-state index is 5.78. The molecule has 2 heteroatoms. The van der Waals surface area contributed by atoms with Crippen LogP contribution in [0.4, 0.5) is 0 Å². The predicted octanol–water partition coefficient (Wildman–Crippen LogP) is 3.01. The summed E-state index contributed by atoms with van der Waals surface area (Å²) in [6.07, 6.45) is 7.99. The van der Waals surface area contributed by atoms with Crippen molar-refractivity contribution in [3.8, 4) is 0 Å². The van der Waals surface area contributed by atoms with Gasteiger partial charge in [-0.05, 0) is 51.5 Å². The van der Waals surface area contributed by atoms with Gasteiger partial charge >= 0.3 is 0 Å². The van der Waals surface area contributed by atoms with E-state index in [1.165, 1.54) is 51.6 Å². The van der Waals surface area contributed by atoms with Crippen molar-refractivity contribution in [3.63, 3.8) is 0 Å². The van der Waals surface area contributed by atoms with Crippen LogP contribution in [0.2, 0.25) is 0 Å². The lowest BCUT2D eigenvalue weighted by atomic mass is 10.0. The zero-order valence-corrected chi connectivity index (χ0v) is 11.4. The van der Waals surface area contributed by atoms with Crippen LogP contribution in [0.3, 0.4) is 0 Å². The molecule has 0 aliphatic heterocycles. The van der Waals surface area contributed by atoms with Crippen LogP contribution < -0.4 is 5.73 Å². The van der Waals surface area contributed by atoms with Gasteiger partial charge in [0.1, 0.15) is 0 Å². The van der Waals surface area contributed by atoms with Gasteiger partial charge in [-0.1, -0.05) is 20.3 Å². The van der Waals surface area contributed by atoms with Gasteiger partial charge in [-0.2, -0.15) is 0 Å². The molecule has 1 aliphatic rings. The van der Waals surface area contributed by atoms with E-state index in [-0.39, 0.29) is 0 Å². The number of nitrogens with zero attached hydrogens (tertiary/aromatic N) is 1. The van der Waals surface area contributed by atoms with Gasteiger partial charge in [-0.25, -0.2) is 0 Å². The van der Waals surface area contributed by atoms with Crippen LogP contribution >= 0.6 is 0 Å². The van der Waals surface area contributed by atoms with E-state index in [1.54, 1.807) is 0 Å². The highest BCUT2D eigenvalue weighted by Crippen LogP contribution is 2.28. The van der Waals surface area contributed by atoms with Crippen molar-refractivity contribution < 1.29 is 0 Å². The molecule has 0 aromatic heterocycles. The lowest BCUT2D eigenvalue weighted by Crippen LogP contribution is -2.31. The fourth-order valence-electron chi connectivity index (χ4n) is 2.43. The first-order valence-electron chi connectivity index (χ1n) is 7.13. The van der Waals surface area contributed by atoms with Crippen molar-refractivity contribution in [3.05, 3.63) is 0 Å². The second-order valence-electron chi connectivity index (χ2n) is 5.74. The molecule has 16 heavy (non-hydrogen) atoms. The number of rotatable bonds is 9. The van der Waals surface area contributed by atoms with E-state index in [0.717, 1.165) is 12.0 Å². The first kappa shape index (κ1) is 14.0. The minimum atomic E-state index is 0.377. The summed E-state index contributed by atoms with van der Waals surface area (Å²) in [7, 11) is 0. The third-order valence-corrected chi connectivity index (χ3v) is 3.48. The van der Waals surface area contributed by atoms with Crippen LogP contribution in [0.25, 0.3) is 0 Å². The van der Waals surface area contributed by atoms with Crippen molar-refractivity contribution in [1.82, 2.24) is 4.90 Å². The van der Waals surface area contributed by atoms with Gasteiger partial charge in [-0.3, -0.25) is 0 Å². The second kappa shape index (κ2) is 7.29. The molecule has 96 valence electrons. The summed E-state index contributed by atoms with van der Waals surface area (Å²) >= 11 is 0. The first-order valence-corrected chi connectivity index (χ1v) is 7.13. The number of nitrogens with two attached hydrogens (primary N) is 1. The van der Waals surface area contributed by atoms with Crippen LogP contribution in [0.5, 0.6) is 0 Å². The van der Waals surface area contributed by atoms with Gasteiger partial charge in [0, 0.05) is 18.6 Å². The summed E-state index contributed by atoms with van der Waals surface area (Å²) in [5, 5.41) is 0. The van der Waals surface area contributed by atoms with E-state index in [4.69, 9.17) is 5.73 Å². The van der Waals surface area contributed by atoms with E-state index in [0.29, 0.717) is 6.04 Å². The highest BCUT2D eigenvalue weighted by Gasteiger charge is 2.28. The van der Waals surface area contributed by atoms with Gasteiger partial charge in [0.15, 0.2) is 0 Å². The molecule has 0 aromatic rings. The van der Waals surface area contributed by atoms with Crippen LogP contribution in [0.15, 0.2) is 0 Å². The SMILES string of the molecule is CCCN(CC(C)CCCC(C)N)C1CC1. The third kappa shape index (κ3) is 5.86. The minimum absolute atomic E-state index is 0.377. The van der Waals surface area contributed by atoms with Crippen LogP contribution in [-0.2, 0) is 0 Å². The molecule has 2 nitrogen and oxygen atoms in total. The van der Waals surface area contributed by atoms with Crippen LogP contribution in [0, 0.1) is 5.92 Å². The molecule has 1 aliphatic carbocycles. The molecule has 1 saturated carbocycles. The average Bonchev–Trinajstić information content (AvgIpc) is 2.99. The van der Waals surface area contributed by atoms with E-state index in [9.17, 15) is 0 Å². The Morgan fingerprint density at radius 3 is 2.44 bits per heavy atom. The monoisotopic (exact) mass is 226 g/mol. The highest BCUT2D eigenvalue weighted by molar-refractivity contribution is 4.85. The Labute approximate surface area is 102 Å². The molecule has 0 spiro atoms. The molecule has 2 atom stereocenters. The largest absolute Gasteiger partial charge is 0.328 e. The summed E-state index contributed by atoms with van der Waals surface area (Å²) in [4.78, 5) is 2.70. The van der Waals surface area contributed by atoms with Crippen molar-refractivity contribution in [2.24, 2.45) is 11.7 Å². The Hall–Kier alpha value is -0.0800. The van der Waals surface area contributed by atoms with E-state index < -0.39 is 0 Å². The van der Waals surface area contributed by atoms with E-state index >= 15 is 0 Å². The Morgan fingerprint density at radius 2 is 1.94 bits per heavy atom.